The Morgan fingerprint density at radius 2 is 1.00 bits per heavy atom. The van der Waals surface area contributed by atoms with E-state index < -0.39 is 37.4 Å². The lowest BCUT2D eigenvalue weighted by Gasteiger charge is -2.07. The van der Waals surface area contributed by atoms with Gasteiger partial charge in [0.2, 0.25) is 0 Å². The molecule has 0 amide bonds. The maximum Gasteiger partial charge on any atom is 0.635 e. The summed E-state index contributed by atoms with van der Waals surface area (Å²) in [5.74, 6) is -3.33. The first-order valence-corrected chi connectivity index (χ1v) is 5.85. The molecule has 0 aromatic carbocycles. The van der Waals surface area contributed by atoms with E-state index in [1.54, 1.807) is 0 Å². The molecule has 14 heteroatoms. The minimum Gasteiger partial charge on any atom is -0.481 e. The van der Waals surface area contributed by atoms with Crippen LogP contribution in [0.2, 0.25) is 0 Å². The molecule has 0 rings (SSSR count). The van der Waals surface area contributed by atoms with E-state index in [4.69, 9.17) is 61.1 Å². The van der Waals surface area contributed by atoms with E-state index in [0.29, 0.717) is 0 Å². The third-order valence-electron chi connectivity index (χ3n) is 0.529. The van der Waals surface area contributed by atoms with Gasteiger partial charge in [0.15, 0.2) is 0 Å². The van der Waals surface area contributed by atoms with E-state index in [-0.39, 0.29) is 6.54 Å². The number of rotatable bonds is 3. The maximum absolute atomic E-state index is 9.00. The molecule has 0 aromatic heterocycles. The molecule has 0 saturated carbocycles. The van der Waals surface area contributed by atoms with Gasteiger partial charge in [0.1, 0.15) is 6.23 Å². The summed E-state index contributed by atoms with van der Waals surface area (Å²) in [5.41, 5.74) is 9.95. The van der Waals surface area contributed by atoms with Crippen LogP contribution in [0.5, 0.6) is 0 Å². The highest BCUT2D eigenvalue weighted by molar-refractivity contribution is 6.32. The van der Waals surface area contributed by atoms with Crippen molar-refractivity contribution in [3.8, 4) is 0 Å². The second-order valence-corrected chi connectivity index (χ2v) is 3.31. The van der Waals surface area contributed by atoms with E-state index in [1.807, 2.05) is 0 Å². The first kappa shape index (κ1) is 33.4. The van der Waals surface area contributed by atoms with Crippen LogP contribution < -0.4 is 11.5 Å². The van der Waals surface area contributed by atoms with Gasteiger partial charge in [-0.15, -0.1) is 0 Å². The summed E-state index contributed by atoms with van der Waals surface area (Å²) in [5, 5.41) is 45.8. The van der Waals surface area contributed by atoms with Crippen molar-refractivity contribution in [3.05, 3.63) is 0 Å². The second-order valence-electron chi connectivity index (χ2n) is 3.31. The van der Waals surface area contributed by atoms with Gasteiger partial charge in [0, 0.05) is 34.2 Å². The summed E-state index contributed by atoms with van der Waals surface area (Å²) in [6.07, 6.45) is -0.796. The highest BCUT2D eigenvalue weighted by Crippen LogP contribution is 1.78. The Balaban J connectivity index is -0.0000000657. The molecule has 0 aromatic rings. The Labute approximate surface area is 138 Å². The van der Waals surface area contributed by atoms with Crippen LogP contribution in [0.15, 0.2) is 0 Å². The second kappa shape index (κ2) is 25.7. The molecule has 0 fully saturated rings. The molecule has 13 nitrogen and oxygen atoms in total. The Kier molecular flexibility index (Phi) is 35.7. The summed E-state index contributed by atoms with van der Waals surface area (Å²) < 4.78 is 4.16. The molecular weight excluding hydrogens is 335 g/mol. The maximum atomic E-state index is 9.00. The summed E-state index contributed by atoms with van der Waals surface area (Å²) in [4.78, 5) is 36.0. The van der Waals surface area contributed by atoms with Crippen molar-refractivity contribution in [2.75, 3.05) is 6.54 Å². The molecule has 0 bridgehead atoms. The Morgan fingerprint density at radius 3 is 1.04 bits per heavy atom. The monoisotopic (exact) mass is 360 g/mol. The Morgan fingerprint density at radius 1 is 0.833 bits per heavy atom. The summed E-state index contributed by atoms with van der Waals surface area (Å²) in [7, 11) is -1.83. The highest BCUT2D eigenvalue weighted by Gasteiger charge is 2.11. The lowest BCUT2D eigenvalue weighted by atomic mass is 10.2. The third kappa shape index (κ3) is 495. The van der Waals surface area contributed by atoms with E-state index in [1.165, 1.54) is 0 Å². The SMILES string of the molecule is CC(=O)O.CC(=O)O.CC(=O)O.CC(=O)O.NCC(N)OB(O)O. The van der Waals surface area contributed by atoms with Crippen LogP contribution in [0, 0.1) is 0 Å². The van der Waals surface area contributed by atoms with E-state index >= 15 is 0 Å². The summed E-state index contributed by atoms with van der Waals surface area (Å²) in [6, 6.07) is 0. The molecule has 1 atom stereocenters. The van der Waals surface area contributed by atoms with Gasteiger partial charge in [-0.05, 0) is 0 Å². The number of carboxylic acid groups (broad SMARTS) is 4. The smallest absolute Gasteiger partial charge is 0.481 e. The van der Waals surface area contributed by atoms with E-state index in [0.717, 1.165) is 27.7 Å². The number of aliphatic carboxylic acids is 4. The normalized spacial score (nSPS) is 8.67. The quantitative estimate of drug-likeness (QED) is 0.193. The lowest BCUT2D eigenvalue weighted by Crippen LogP contribution is -2.38. The third-order valence-corrected chi connectivity index (χ3v) is 0.529. The van der Waals surface area contributed by atoms with Gasteiger partial charge in [-0.25, -0.2) is 0 Å². The van der Waals surface area contributed by atoms with Gasteiger partial charge in [-0.3, -0.25) is 19.2 Å². The van der Waals surface area contributed by atoms with Crippen LogP contribution >= 0.6 is 0 Å². The van der Waals surface area contributed by atoms with Crippen LogP contribution in [0.1, 0.15) is 27.7 Å². The lowest BCUT2D eigenvalue weighted by molar-refractivity contribution is -0.135. The molecule has 0 aliphatic carbocycles. The zero-order valence-corrected chi connectivity index (χ0v) is 13.7. The standard InChI is InChI=1S/C2H9BN2O3.4C2H4O2/c4-1-2(5)8-3(6)7;4*1-2(3)4/h2,6-7H,1,4-5H2;4*1H3,(H,3,4). The predicted molar refractivity (Wildman–Crippen MR) is 81.5 cm³/mol. The van der Waals surface area contributed by atoms with Gasteiger partial charge in [0.05, 0.1) is 0 Å². The minimum atomic E-state index is -1.83. The molecule has 0 spiro atoms. The fraction of sp³-hybridized carbons (Fsp3) is 0.600. The van der Waals surface area contributed by atoms with Crippen molar-refractivity contribution in [2.45, 2.75) is 33.9 Å². The van der Waals surface area contributed by atoms with Gasteiger partial charge in [-0.2, -0.15) is 0 Å². The fourth-order valence-corrected chi connectivity index (χ4v) is 0.212. The minimum absolute atomic E-state index is 0.0671. The predicted octanol–water partition coefficient (Wildman–Crippen LogP) is -2.42. The molecule has 0 aliphatic rings. The summed E-state index contributed by atoms with van der Waals surface area (Å²) in [6.45, 7) is 4.40. The molecule has 1 unspecified atom stereocenters. The molecule has 0 saturated heterocycles. The molecular formula is C10H25BN2O11. The van der Waals surface area contributed by atoms with Gasteiger partial charge in [0.25, 0.3) is 23.9 Å². The highest BCUT2D eigenvalue weighted by atomic mass is 16.6. The van der Waals surface area contributed by atoms with Crippen molar-refractivity contribution < 1.29 is 54.3 Å². The number of nitrogens with two attached hydrogens (primary N) is 2. The van der Waals surface area contributed by atoms with Gasteiger partial charge < -0.3 is 46.6 Å². The molecule has 0 heterocycles. The number of carboxylic acids is 4. The van der Waals surface area contributed by atoms with Crippen molar-refractivity contribution in [2.24, 2.45) is 11.5 Å². The molecule has 144 valence electrons. The van der Waals surface area contributed by atoms with Gasteiger partial charge >= 0.3 is 7.32 Å². The van der Waals surface area contributed by atoms with Crippen LogP contribution in [0.3, 0.4) is 0 Å². The number of carbonyl (C=O) groups is 4. The zero-order chi connectivity index (χ0) is 20.9. The van der Waals surface area contributed by atoms with Crippen molar-refractivity contribution in [1.29, 1.82) is 0 Å². The molecule has 0 radical (unpaired) electrons. The van der Waals surface area contributed by atoms with Crippen molar-refractivity contribution in [1.82, 2.24) is 0 Å². The molecule has 24 heavy (non-hydrogen) atoms. The average molecular weight is 360 g/mol. The van der Waals surface area contributed by atoms with E-state index in [9.17, 15) is 0 Å². The van der Waals surface area contributed by atoms with Crippen LogP contribution in [-0.2, 0) is 23.8 Å². The average Bonchev–Trinajstić information content (AvgIpc) is 2.24. The Bertz CT molecular complexity index is 275. The first-order valence-electron chi connectivity index (χ1n) is 5.85. The van der Waals surface area contributed by atoms with Crippen molar-refractivity contribution in [3.63, 3.8) is 0 Å². The number of hydrogen-bond donors (Lipinski definition) is 8. The topological polar surface area (TPSA) is 251 Å². The summed E-state index contributed by atoms with van der Waals surface area (Å²) >= 11 is 0. The number of hydrogen-bond acceptors (Lipinski definition) is 9. The largest absolute Gasteiger partial charge is 0.635 e. The van der Waals surface area contributed by atoms with Crippen molar-refractivity contribution >= 4 is 31.2 Å². The first-order chi connectivity index (χ1) is 10.6. The Hall–Kier alpha value is -2.26. The molecule has 0 aliphatic heterocycles. The van der Waals surface area contributed by atoms with E-state index in [2.05, 4.69) is 4.65 Å². The van der Waals surface area contributed by atoms with Crippen LogP contribution in [-0.4, -0.2) is 74.4 Å². The fourth-order valence-electron chi connectivity index (χ4n) is 0.212. The molecule has 10 N–H and O–H groups in total. The van der Waals surface area contributed by atoms with Gasteiger partial charge in [-0.1, -0.05) is 0 Å². The van der Waals surface area contributed by atoms with Crippen LogP contribution in [0.4, 0.5) is 0 Å². The zero-order valence-electron chi connectivity index (χ0n) is 13.7. The van der Waals surface area contributed by atoms with Crippen LogP contribution in [0.25, 0.3) is 0 Å².